The van der Waals surface area contributed by atoms with Crippen molar-refractivity contribution in [1.82, 2.24) is 15.0 Å². The average Bonchev–Trinajstić information content (AvgIpc) is 3.96. The van der Waals surface area contributed by atoms with Gasteiger partial charge in [0, 0.05) is 57.5 Å². The fourth-order valence-electron chi connectivity index (χ4n) is 6.88. The summed E-state index contributed by atoms with van der Waals surface area (Å²) in [6.07, 6.45) is 4.26. The Bertz CT molecular complexity index is 2040. The quantitative estimate of drug-likeness (QED) is 0.194. The summed E-state index contributed by atoms with van der Waals surface area (Å²) in [5.74, 6) is 0. The molecule has 0 saturated carbocycles. The van der Waals surface area contributed by atoms with Crippen LogP contribution in [0.2, 0.25) is 0 Å². The van der Waals surface area contributed by atoms with Gasteiger partial charge in [-0.25, -0.2) is 4.98 Å². The SMILES string of the molecule is C1=Cc2nc1c(-c1ccccc1)c1ccc([nH]1)c(-c1ccc(N3CCOCCOCCOCCOCC3)cc1)c1ccc([nH]1)c2-c1ccccc1. The van der Waals surface area contributed by atoms with Crippen LogP contribution in [0.25, 0.3) is 67.6 Å². The maximum absolute atomic E-state index is 5.90. The molecule has 0 atom stereocenters. The number of nitrogens with one attached hydrogen (secondary N) is 2. The minimum atomic E-state index is 0.563. The summed E-state index contributed by atoms with van der Waals surface area (Å²) in [7, 11) is 0. The summed E-state index contributed by atoms with van der Waals surface area (Å²) < 4.78 is 23.0. The van der Waals surface area contributed by atoms with Crippen molar-refractivity contribution in [1.29, 1.82) is 0 Å². The summed E-state index contributed by atoms with van der Waals surface area (Å²) in [6, 6.07) is 38.5. The van der Waals surface area contributed by atoms with E-state index in [1.165, 1.54) is 0 Å². The monoisotopic (exact) mass is 678 g/mol. The molecule has 5 heterocycles. The number of benzene rings is 3. The van der Waals surface area contributed by atoms with Crippen LogP contribution in [-0.4, -0.2) is 80.9 Å². The van der Waals surface area contributed by atoms with E-state index in [1.807, 2.05) is 0 Å². The van der Waals surface area contributed by atoms with E-state index < -0.39 is 0 Å². The van der Waals surface area contributed by atoms with Crippen molar-refractivity contribution in [3.8, 4) is 33.4 Å². The molecule has 2 N–H and O–H groups in total. The Balaban J connectivity index is 1.24. The Morgan fingerprint density at radius 1 is 0.412 bits per heavy atom. The molecule has 0 unspecified atom stereocenters. The molecule has 8 nitrogen and oxygen atoms in total. The van der Waals surface area contributed by atoms with Gasteiger partial charge in [0.15, 0.2) is 0 Å². The number of H-pyrrole nitrogens is 2. The Kier molecular flexibility index (Phi) is 10.2. The molecule has 3 aromatic heterocycles. The second kappa shape index (κ2) is 15.7. The number of aromatic nitrogens is 3. The Labute approximate surface area is 298 Å². The lowest BCUT2D eigenvalue weighted by Crippen LogP contribution is -2.31. The fourth-order valence-corrected chi connectivity index (χ4v) is 6.88. The molecular weight excluding hydrogens is 636 g/mol. The van der Waals surface area contributed by atoms with Crippen molar-refractivity contribution in [2.24, 2.45) is 0 Å². The van der Waals surface area contributed by atoms with Gasteiger partial charge < -0.3 is 33.8 Å². The molecule has 6 aromatic rings. The molecule has 3 aromatic carbocycles. The first-order valence-corrected chi connectivity index (χ1v) is 17.7. The molecule has 2 aliphatic heterocycles. The van der Waals surface area contributed by atoms with Gasteiger partial charge in [0.2, 0.25) is 0 Å². The summed E-state index contributed by atoms with van der Waals surface area (Å²) in [5, 5.41) is 0. The predicted molar refractivity (Wildman–Crippen MR) is 206 cm³/mol. The molecule has 1 fully saturated rings. The van der Waals surface area contributed by atoms with E-state index in [2.05, 4.69) is 136 Å². The van der Waals surface area contributed by atoms with Gasteiger partial charge in [-0.3, -0.25) is 0 Å². The molecule has 258 valence electrons. The molecule has 6 bridgehead atoms. The number of nitrogens with zero attached hydrogens (tertiary/aromatic N) is 2. The normalized spacial score (nSPS) is 15.8. The molecule has 8 heteroatoms. The Morgan fingerprint density at radius 2 is 0.804 bits per heavy atom. The molecule has 0 amide bonds. The van der Waals surface area contributed by atoms with Gasteiger partial charge in [-0.2, -0.15) is 0 Å². The average molecular weight is 679 g/mol. The highest BCUT2D eigenvalue weighted by atomic mass is 16.6. The first kappa shape index (κ1) is 32.9. The first-order chi connectivity index (χ1) is 25.3. The van der Waals surface area contributed by atoms with Crippen molar-refractivity contribution in [2.45, 2.75) is 0 Å². The van der Waals surface area contributed by atoms with E-state index in [9.17, 15) is 0 Å². The van der Waals surface area contributed by atoms with E-state index in [-0.39, 0.29) is 0 Å². The van der Waals surface area contributed by atoms with Crippen LogP contribution in [0.5, 0.6) is 0 Å². The molecule has 0 aliphatic carbocycles. The second-order valence-electron chi connectivity index (χ2n) is 12.6. The number of rotatable bonds is 4. The number of ether oxygens (including phenoxy) is 4. The smallest absolute Gasteiger partial charge is 0.0737 e. The van der Waals surface area contributed by atoms with Crippen LogP contribution in [0, 0.1) is 0 Å². The van der Waals surface area contributed by atoms with Crippen LogP contribution in [0.1, 0.15) is 11.4 Å². The standard InChI is InChI=1S/C43H42N4O4/c1-3-7-31(8-4-1)41-35-15-16-36(44-35)42(32-9-5-2-6-10-32)38-18-20-40(46-38)43(39-19-17-37(41)45-39)33-11-13-34(14-12-33)47-21-23-48-25-27-50-29-30-51-28-26-49-24-22-47/h1-20,45-46H,21-30H2. The van der Waals surface area contributed by atoms with Crippen molar-refractivity contribution < 1.29 is 18.9 Å². The molecule has 51 heavy (non-hydrogen) atoms. The van der Waals surface area contributed by atoms with Crippen LogP contribution in [0.3, 0.4) is 0 Å². The lowest BCUT2D eigenvalue weighted by molar-refractivity contribution is 0.00206. The third kappa shape index (κ3) is 7.45. The van der Waals surface area contributed by atoms with E-state index >= 15 is 0 Å². The summed E-state index contributed by atoms with van der Waals surface area (Å²) in [6.45, 7) is 6.11. The van der Waals surface area contributed by atoms with Gasteiger partial charge in [-0.15, -0.1) is 0 Å². The van der Waals surface area contributed by atoms with Crippen LogP contribution in [-0.2, 0) is 18.9 Å². The van der Waals surface area contributed by atoms with E-state index in [1.54, 1.807) is 0 Å². The minimum Gasteiger partial charge on any atom is -0.377 e. The van der Waals surface area contributed by atoms with Crippen LogP contribution in [0.15, 0.2) is 109 Å². The van der Waals surface area contributed by atoms with Crippen LogP contribution < -0.4 is 4.90 Å². The zero-order chi connectivity index (χ0) is 34.2. The van der Waals surface area contributed by atoms with Crippen molar-refractivity contribution >= 4 is 39.9 Å². The second-order valence-corrected chi connectivity index (χ2v) is 12.6. The predicted octanol–water partition coefficient (Wildman–Crippen LogP) is 8.54. The zero-order valence-corrected chi connectivity index (χ0v) is 28.6. The molecule has 2 aliphatic rings. The topological polar surface area (TPSA) is 84.6 Å². The molecule has 1 saturated heterocycles. The van der Waals surface area contributed by atoms with Crippen molar-refractivity contribution in [3.05, 3.63) is 121 Å². The van der Waals surface area contributed by atoms with Gasteiger partial charge >= 0.3 is 0 Å². The number of anilines is 1. The summed E-state index contributed by atoms with van der Waals surface area (Å²) in [4.78, 5) is 15.2. The first-order valence-electron chi connectivity index (χ1n) is 17.7. The number of hydrogen-bond donors (Lipinski definition) is 2. The van der Waals surface area contributed by atoms with Gasteiger partial charge in [-0.05, 0) is 65.2 Å². The number of hydrogen-bond acceptors (Lipinski definition) is 6. The maximum Gasteiger partial charge on any atom is 0.0737 e. The van der Waals surface area contributed by atoms with E-state index in [4.69, 9.17) is 23.9 Å². The van der Waals surface area contributed by atoms with Crippen molar-refractivity contribution in [2.75, 3.05) is 70.8 Å². The van der Waals surface area contributed by atoms with E-state index in [0.29, 0.717) is 52.9 Å². The lowest BCUT2D eigenvalue weighted by Gasteiger charge is -2.25. The Morgan fingerprint density at radius 3 is 1.25 bits per heavy atom. The largest absolute Gasteiger partial charge is 0.377 e. The zero-order valence-electron chi connectivity index (χ0n) is 28.6. The van der Waals surface area contributed by atoms with Gasteiger partial charge in [0.25, 0.3) is 0 Å². The van der Waals surface area contributed by atoms with Gasteiger partial charge in [0.1, 0.15) is 0 Å². The highest BCUT2D eigenvalue weighted by molar-refractivity contribution is 6.00. The highest BCUT2D eigenvalue weighted by Crippen LogP contribution is 2.37. The van der Waals surface area contributed by atoms with Crippen molar-refractivity contribution in [3.63, 3.8) is 0 Å². The molecular formula is C43H42N4O4. The summed E-state index contributed by atoms with van der Waals surface area (Å²) >= 11 is 0. The summed E-state index contributed by atoms with van der Waals surface area (Å²) in [5.41, 5.74) is 13.6. The maximum atomic E-state index is 5.90. The molecule has 0 spiro atoms. The van der Waals surface area contributed by atoms with Crippen LogP contribution in [0.4, 0.5) is 5.69 Å². The van der Waals surface area contributed by atoms with E-state index in [0.717, 1.165) is 85.6 Å². The fraction of sp³-hybridized carbons (Fsp3) is 0.233. The highest BCUT2D eigenvalue weighted by Gasteiger charge is 2.17. The van der Waals surface area contributed by atoms with Gasteiger partial charge in [0.05, 0.1) is 64.2 Å². The third-order valence-corrected chi connectivity index (χ3v) is 9.37. The Hall–Kier alpha value is -5.25. The molecule has 8 rings (SSSR count). The van der Waals surface area contributed by atoms with Crippen LogP contribution >= 0.6 is 0 Å². The lowest BCUT2D eigenvalue weighted by atomic mass is 10.0. The number of fused-ring (bicyclic) bond motifs is 6. The molecule has 0 radical (unpaired) electrons. The van der Waals surface area contributed by atoms with Gasteiger partial charge in [-0.1, -0.05) is 72.8 Å². The number of aromatic amines is 2. The minimum absolute atomic E-state index is 0.563. The third-order valence-electron chi connectivity index (χ3n) is 9.37.